The smallest absolute Gasteiger partial charge is 0.416 e. The van der Waals surface area contributed by atoms with Crippen molar-refractivity contribution in [2.45, 2.75) is 65.5 Å². The number of halogens is 3. The molecule has 0 saturated heterocycles. The first kappa shape index (κ1) is 23.2. The zero-order valence-corrected chi connectivity index (χ0v) is 18.1. The predicted molar refractivity (Wildman–Crippen MR) is 108 cm³/mol. The van der Waals surface area contributed by atoms with Gasteiger partial charge in [0.15, 0.2) is 5.78 Å². The number of carbonyl (C=O) groups is 3. The number of alkyl halides is 3. The summed E-state index contributed by atoms with van der Waals surface area (Å²) in [6.07, 6.45) is -4.26. The Morgan fingerprint density at radius 2 is 1.48 bits per heavy atom. The molecule has 31 heavy (non-hydrogen) atoms. The van der Waals surface area contributed by atoms with E-state index < -0.39 is 51.8 Å². The summed E-state index contributed by atoms with van der Waals surface area (Å²) in [6, 6.07) is 4.35. The lowest BCUT2D eigenvalue weighted by Crippen LogP contribution is -2.43. The molecular weight excluding hydrogens is 409 g/mol. The molecule has 0 heterocycles. The average molecular weight is 436 g/mol. The first-order chi connectivity index (χ1) is 14.1. The summed E-state index contributed by atoms with van der Waals surface area (Å²) in [4.78, 5) is 39.1. The summed E-state index contributed by atoms with van der Waals surface area (Å²) in [5, 5.41) is 10.8. The van der Waals surface area contributed by atoms with Crippen LogP contribution in [0.1, 0.15) is 70.4 Å². The normalized spacial score (nSPS) is 23.3. The second kappa shape index (κ2) is 7.61. The van der Waals surface area contributed by atoms with Gasteiger partial charge in [0.05, 0.1) is 11.5 Å². The van der Waals surface area contributed by atoms with Crippen LogP contribution >= 0.6 is 0 Å². The maximum absolute atomic E-state index is 13.4. The number of Topliss-reactive ketones (excluding diaryl/α,β-unsaturated/α-hetero) is 3. The molecule has 0 aromatic heterocycles. The van der Waals surface area contributed by atoms with Gasteiger partial charge in [0, 0.05) is 37.2 Å². The highest BCUT2D eigenvalue weighted by molar-refractivity contribution is 6.09. The quantitative estimate of drug-likeness (QED) is 0.630. The second-order valence-corrected chi connectivity index (χ2v) is 10.3. The molecule has 0 bridgehead atoms. The Morgan fingerprint density at radius 1 is 0.935 bits per heavy atom. The highest BCUT2D eigenvalue weighted by Crippen LogP contribution is 2.48. The number of allylic oxidation sites excluding steroid dienone is 2. The van der Waals surface area contributed by atoms with Crippen LogP contribution in [0.2, 0.25) is 0 Å². The molecule has 0 radical (unpaired) electrons. The van der Waals surface area contributed by atoms with Crippen LogP contribution in [-0.2, 0) is 20.6 Å². The van der Waals surface area contributed by atoms with Gasteiger partial charge >= 0.3 is 6.18 Å². The van der Waals surface area contributed by atoms with Gasteiger partial charge in [-0.1, -0.05) is 45.9 Å². The number of aliphatic hydroxyl groups excluding tert-OH is 1. The van der Waals surface area contributed by atoms with Crippen molar-refractivity contribution in [2.75, 3.05) is 0 Å². The van der Waals surface area contributed by atoms with Crippen LogP contribution in [0, 0.1) is 16.7 Å². The summed E-state index contributed by atoms with van der Waals surface area (Å²) in [5.74, 6) is -4.06. The lowest BCUT2D eigenvalue weighted by molar-refractivity contribution is -0.140. The van der Waals surface area contributed by atoms with Gasteiger partial charge < -0.3 is 5.11 Å². The molecule has 0 amide bonds. The average Bonchev–Trinajstić information content (AvgIpc) is 2.56. The molecule has 1 N–H and O–H groups in total. The van der Waals surface area contributed by atoms with E-state index in [2.05, 4.69) is 0 Å². The SMILES string of the molecule is CC1(C)CC(=O)C([C@@H](C2=C(O)CC(C)(C)CC2=O)c2cccc(C(F)(F)F)c2)C(=O)C1. The van der Waals surface area contributed by atoms with E-state index in [1.807, 2.05) is 0 Å². The van der Waals surface area contributed by atoms with Gasteiger partial charge in [-0.3, -0.25) is 14.4 Å². The van der Waals surface area contributed by atoms with Crippen LogP contribution in [0.3, 0.4) is 0 Å². The van der Waals surface area contributed by atoms with Gasteiger partial charge in [0.25, 0.3) is 0 Å². The van der Waals surface area contributed by atoms with Gasteiger partial charge in [-0.05, 0) is 22.5 Å². The summed E-state index contributed by atoms with van der Waals surface area (Å²) in [7, 11) is 0. The predicted octanol–water partition coefficient (Wildman–Crippen LogP) is 5.56. The zero-order valence-electron chi connectivity index (χ0n) is 18.1. The number of benzene rings is 1. The van der Waals surface area contributed by atoms with Crippen LogP contribution < -0.4 is 0 Å². The van der Waals surface area contributed by atoms with Crippen molar-refractivity contribution < 1.29 is 32.7 Å². The van der Waals surface area contributed by atoms with Crippen LogP contribution in [0.4, 0.5) is 13.2 Å². The van der Waals surface area contributed by atoms with Crippen molar-refractivity contribution in [3.63, 3.8) is 0 Å². The molecule has 1 atom stereocenters. The molecule has 168 valence electrons. The van der Waals surface area contributed by atoms with E-state index in [0.29, 0.717) is 0 Å². The summed E-state index contributed by atoms with van der Waals surface area (Å²) in [6.45, 7) is 7.17. The fourth-order valence-corrected chi connectivity index (χ4v) is 4.87. The Bertz CT molecular complexity index is 949. The van der Waals surface area contributed by atoms with Gasteiger partial charge in [0.2, 0.25) is 0 Å². The number of carbonyl (C=O) groups excluding carboxylic acids is 3. The summed E-state index contributed by atoms with van der Waals surface area (Å²) in [5.41, 5.74) is -2.08. The topological polar surface area (TPSA) is 71.4 Å². The molecule has 2 aliphatic carbocycles. The maximum Gasteiger partial charge on any atom is 0.416 e. The standard InChI is InChI=1S/C24H27F3O4/c1-22(2)9-15(28)20(16(29)10-22)19(13-6-5-7-14(8-13)24(25,26)27)21-17(30)11-23(3,4)12-18(21)31/h5-8,19-20,30H,9-12H2,1-4H3/t19-/m0/s1. The van der Waals surface area contributed by atoms with Crippen molar-refractivity contribution in [3.8, 4) is 0 Å². The maximum atomic E-state index is 13.4. The van der Waals surface area contributed by atoms with E-state index in [-0.39, 0.29) is 42.6 Å². The Morgan fingerprint density at radius 3 is 2.00 bits per heavy atom. The molecule has 2 aliphatic rings. The van der Waals surface area contributed by atoms with E-state index in [0.717, 1.165) is 12.1 Å². The number of hydrogen-bond donors (Lipinski definition) is 1. The van der Waals surface area contributed by atoms with Gasteiger partial charge in [-0.15, -0.1) is 0 Å². The van der Waals surface area contributed by atoms with E-state index in [1.54, 1.807) is 27.7 Å². The van der Waals surface area contributed by atoms with Crippen molar-refractivity contribution in [2.24, 2.45) is 16.7 Å². The van der Waals surface area contributed by atoms with Crippen LogP contribution in [-0.4, -0.2) is 22.5 Å². The molecule has 1 saturated carbocycles. The monoisotopic (exact) mass is 436 g/mol. The van der Waals surface area contributed by atoms with E-state index in [9.17, 15) is 32.7 Å². The molecule has 1 aromatic carbocycles. The Labute approximate surface area is 179 Å². The number of ketones is 3. The minimum Gasteiger partial charge on any atom is -0.512 e. The Hall–Kier alpha value is -2.44. The Kier molecular flexibility index (Phi) is 5.70. The molecule has 4 nitrogen and oxygen atoms in total. The minimum absolute atomic E-state index is 0.0378. The number of rotatable bonds is 3. The lowest BCUT2D eigenvalue weighted by atomic mass is 9.62. The van der Waals surface area contributed by atoms with E-state index in [1.165, 1.54) is 12.1 Å². The first-order valence-electron chi connectivity index (χ1n) is 10.3. The fourth-order valence-electron chi connectivity index (χ4n) is 4.87. The summed E-state index contributed by atoms with van der Waals surface area (Å²) >= 11 is 0. The first-order valence-corrected chi connectivity index (χ1v) is 10.3. The molecule has 0 spiro atoms. The van der Waals surface area contributed by atoms with Gasteiger partial charge in [0.1, 0.15) is 17.3 Å². The summed E-state index contributed by atoms with van der Waals surface area (Å²) < 4.78 is 40.1. The van der Waals surface area contributed by atoms with Gasteiger partial charge in [-0.2, -0.15) is 13.2 Å². The number of aliphatic hydroxyl groups is 1. The van der Waals surface area contributed by atoms with Crippen molar-refractivity contribution in [3.05, 3.63) is 46.7 Å². The molecule has 0 aliphatic heterocycles. The highest BCUT2D eigenvalue weighted by Gasteiger charge is 2.48. The zero-order chi connectivity index (χ0) is 23.4. The van der Waals surface area contributed by atoms with Crippen molar-refractivity contribution >= 4 is 17.3 Å². The molecule has 0 unspecified atom stereocenters. The van der Waals surface area contributed by atoms with Gasteiger partial charge in [-0.25, -0.2) is 0 Å². The molecule has 1 fully saturated rings. The third-order valence-corrected chi connectivity index (χ3v) is 6.11. The molecular formula is C24H27F3O4. The third kappa shape index (κ3) is 4.75. The van der Waals surface area contributed by atoms with Crippen LogP contribution in [0.15, 0.2) is 35.6 Å². The lowest BCUT2D eigenvalue weighted by Gasteiger charge is -2.39. The van der Waals surface area contributed by atoms with Crippen LogP contribution in [0.25, 0.3) is 0 Å². The number of hydrogen-bond acceptors (Lipinski definition) is 4. The molecule has 1 aromatic rings. The second-order valence-electron chi connectivity index (χ2n) is 10.3. The third-order valence-electron chi connectivity index (χ3n) is 6.11. The highest BCUT2D eigenvalue weighted by atomic mass is 19.4. The largest absolute Gasteiger partial charge is 0.512 e. The Balaban J connectivity index is 2.20. The molecule has 3 rings (SSSR count). The van der Waals surface area contributed by atoms with Crippen molar-refractivity contribution in [1.29, 1.82) is 0 Å². The fraction of sp³-hybridized carbons (Fsp3) is 0.542. The van der Waals surface area contributed by atoms with Crippen molar-refractivity contribution in [1.82, 2.24) is 0 Å². The van der Waals surface area contributed by atoms with Crippen LogP contribution in [0.5, 0.6) is 0 Å². The minimum atomic E-state index is -4.63. The molecule has 7 heteroatoms. The van der Waals surface area contributed by atoms with E-state index in [4.69, 9.17) is 0 Å². The van der Waals surface area contributed by atoms with E-state index >= 15 is 0 Å².